The summed E-state index contributed by atoms with van der Waals surface area (Å²) in [6.07, 6.45) is 1.92. The second-order valence-electron chi connectivity index (χ2n) is 2.80. The van der Waals surface area contributed by atoms with Gasteiger partial charge >= 0.3 is 0 Å². The van der Waals surface area contributed by atoms with E-state index in [9.17, 15) is 16.8 Å². The average Bonchev–Trinajstić information content (AvgIpc) is 1.98. The van der Waals surface area contributed by atoms with E-state index in [-0.39, 0.29) is 13.2 Å². The van der Waals surface area contributed by atoms with E-state index in [4.69, 9.17) is 0 Å². The van der Waals surface area contributed by atoms with Crippen LogP contribution in [-0.2, 0) is 28.6 Å². The third-order valence-corrected chi connectivity index (χ3v) is 2.34. The minimum absolute atomic E-state index is 0.0116. The molecule has 0 rings (SSSR count). The Hall–Kier alpha value is -0.220. The largest absolute Gasteiger partial charge is 0.312 e. The van der Waals surface area contributed by atoms with Crippen molar-refractivity contribution in [3.05, 3.63) is 0 Å². The van der Waals surface area contributed by atoms with E-state index in [1.807, 2.05) is 0 Å². The molecule has 0 heterocycles. The molecule has 7 nitrogen and oxygen atoms in total. The summed E-state index contributed by atoms with van der Waals surface area (Å²) in [5.41, 5.74) is 0. The number of hydrogen-bond acceptors (Lipinski definition) is 7. The average molecular weight is 261 g/mol. The Balaban J connectivity index is 3.34. The van der Waals surface area contributed by atoms with Gasteiger partial charge in [-0.1, -0.05) is 0 Å². The molecule has 0 aliphatic carbocycles. The smallest absolute Gasteiger partial charge is 0.264 e. The Bertz CT molecular complexity index is 323. The Morgan fingerprint density at radius 3 is 1.47 bits per heavy atom. The summed E-state index contributed by atoms with van der Waals surface area (Å²) in [5.74, 6) is 0. The van der Waals surface area contributed by atoms with Gasteiger partial charge in [0.1, 0.15) is 0 Å². The summed E-state index contributed by atoms with van der Waals surface area (Å²) in [4.78, 5) is 0. The molecule has 0 saturated carbocycles. The maximum absolute atomic E-state index is 10.5. The van der Waals surface area contributed by atoms with Crippen LogP contribution in [0.1, 0.15) is 0 Å². The third kappa shape index (κ3) is 13.8. The summed E-state index contributed by atoms with van der Waals surface area (Å²) < 4.78 is 50.8. The van der Waals surface area contributed by atoms with Crippen molar-refractivity contribution in [2.75, 3.05) is 38.8 Å². The van der Waals surface area contributed by atoms with Crippen molar-refractivity contribution >= 4 is 20.2 Å². The normalized spacial score (nSPS) is 12.9. The fourth-order valence-electron chi connectivity index (χ4n) is 0.655. The molecule has 0 bridgehead atoms. The molecule has 0 atom stereocenters. The molecular weight excluding hydrogens is 246 g/mol. The standard InChI is InChI=1S/C6H15NO6S2/c1-14(8,9)12-5-3-7-4-6-13-15(2,10)11/h7H,3-6H2,1-2H3. The third-order valence-electron chi connectivity index (χ3n) is 1.15. The number of hydrogen-bond donors (Lipinski definition) is 1. The number of rotatable bonds is 8. The Morgan fingerprint density at radius 2 is 1.20 bits per heavy atom. The molecule has 9 heteroatoms. The van der Waals surface area contributed by atoms with Gasteiger partial charge in [0.05, 0.1) is 25.7 Å². The molecule has 0 aliphatic heterocycles. The molecule has 1 N–H and O–H groups in total. The van der Waals surface area contributed by atoms with Crippen LogP contribution in [0.3, 0.4) is 0 Å². The Labute approximate surface area is 90.0 Å². The topological polar surface area (TPSA) is 98.8 Å². The first-order valence-electron chi connectivity index (χ1n) is 4.10. The van der Waals surface area contributed by atoms with Crippen molar-refractivity contribution < 1.29 is 25.2 Å². The lowest BCUT2D eigenvalue weighted by Gasteiger charge is -2.04. The summed E-state index contributed by atoms with van der Waals surface area (Å²) in [6.45, 7) is 0.635. The van der Waals surface area contributed by atoms with Crippen LogP contribution < -0.4 is 5.32 Å². The van der Waals surface area contributed by atoms with E-state index in [1.54, 1.807) is 0 Å². The predicted octanol–water partition coefficient (Wildman–Crippen LogP) is -1.47. The number of nitrogens with one attached hydrogen (secondary N) is 1. The van der Waals surface area contributed by atoms with Crippen LogP contribution in [-0.4, -0.2) is 55.7 Å². The lowest BCUT2D eigenvalue weighted by Crippen LogP contribution is -2.25. The SMILES string of the molecule is CS(=O)(=O)OCCNCCOS(C)(=O)=O. The van der Waals surface area contributed by atoms with E-state index in [1.165, 1.54) is 0 Å². The molecule has 0 amide bonds. The monoisotopic (exact) mass is 261 g/mol. The fourth-order valence-corrected chi connectivity index (χ4v) is 1.43. The Kier molecular flexibility index (Phi) is 6.29. The minimum Gasteiger partial charge on any atom is -0.312 e. The molecule has 0 aliphatic rings. The van der Waals surface area contributed by atoms with E-state index >= 15 is 0 Å². The van der Waals surface area contributed by atoms with Crippen LogP contribution in [0.15, 0.2) is 0 Å². The highest BCUT2D eigenvalue weighted by molar-refractivity contribution is 7.86. The second kappa shape index (κ2) is 6.38. The first-order valence-corrected chi connectivity index (χ1v) is 7.73. The molecular formula is C6H15NO6S2. The van der Waals surface area contributed by atoms with Crippen molar-refractivity contribution in [2.24, 2.45) is 0 Å². The first-order chi connectivity index (χ1) is 6.71. The fraction of sp³-hybridized carbons (Fsp3) is 1.00. The van der Waals surface area contributed by atoms with Crippen LogP contribution in [0.5, 0.6) is 0 Å². The van der Waals surface area contributed by atoms with Gasteiger partial charge in [-0.3, -0.25) is 8.37 Å². The lowest BCUT2D eigenvalue weighted by atomic mass is 10.6. The molecule has 92 valence electrons. The van der Waals surface area contributed by atoms with E-state index in [0.29, 0.717) is 13.1 Å². The molecule has 15 heavy (non-hydrogen) atoms. The molecule has 0 spiro atoms. The zero-order valence-corrected chi connectivity index (χ0v) is 10.2. The highest BCUT2D eigenvalue weighted by atomic mass is 32.2. The summed E-state index contributed by atoms with van der Waals surface area (Å²) in [7, 11) is -6.81. The van der Waals surface area contributed by atoms with Gasteiger partial charge in [0.15, 0.2) is 0 Å². The molecule has 0 radical (unpaired) electrons. The molecule has 0 saturated heterocycles. The van der Waals surface area contributed by atoms with Crippen LogP contribution in [0, 0.1) is 0 Å². The van der Waals surface area contributed by atoms with Gasteiger partial charge in [-0.05, 0) is 0 Å². The van der Waals surface area contributed by atoms with Gasteiger partial charge in [0, 0.05) is 13.1 Å². The molecule has 0 aromatic heterocycles. The molecule has 0 aromatic rings. The molecule has 0 fully saturated rings. The van der Waals surface area contributed by atoms with Crippen molar-refractivity contribution in [1.82, 2.24) is 5.32 Å². The van der Waals surface area contributed by atoms with Gasteiger partial charge in [0.25, 0.3) is 20.2 Å². The van der Waals surface area contributed by atoms with Gasteiger partial charge in [-0.15, -0.1) is 0 Å². The Morgan fingerprint density at radius 1 is 0.867 bits per heavy atom. The van der Waals surface area contributed by atoms with E-state index in [2.05, 4.69) is 13.7 Å². The van der Waals surface area contributed by atoms with Crippen LogP contribution in [0.25, 0.3) is 0 Å². The molecule has 0 aromatic carbocycles. The van der Waals surface area contributed by atoms with Crippen LogP contribution >= 0.6 is 0 Å². The maximum atomic E-state index is 10.5. The quantitative estimate of drug-likeness (QED) is 0.420. The minimum atomic E-state index is -3.41. The summed E-state index contributed by atoms with van der Waals surface area (Å²) in [5, 5.41) is 2.75. The van der Waals surface area contributed by atoms with Crippen molar-refractivity contribution in [1.29, 1.82) is 0 Å². The van der Waals surface area contributed by atoms with Crippen molar-refractivity contribution in [2.45, 2.75) is 0 Å². The van der Waals surface area contributed by atoms with Crippen LogP contribution in [0.2, 0.25) is 0 Å². The lowest BCUT2D eigenvalue weighted by molar-refractivity contribution is 0.295. The molecule has 0 unspecified atom stereocenters. The van der Waals surface area contributed by atoms with Gasteiger partial charge < -0.3 is 5.32 Å². The second-order valence-corrected chi connectivity index (χ2v) is 6.09. The first kappa shape index (κ1) is 14.8. The van der Waals surface area contributed by atoms with Gasteiger partial charge in [-0.2, -0.15) is 16.8 Å². The van der Waals surface area contributed by atoms with Gasteiger partial charge in [0.2, 0.25) is 0 Å². The van der Waals surface area contributed by atoms with E-state index < -0.39 is 20.2 Å². The van der Waals surface area contributed by atoms with Crippen LogP contribution in [0.4, 0.5) is 0 Å². The van der Waals surface area contributed by atoms with Crippen molar-refractivity contribution in [3.8, 4) is 0 Å². The van der Waals surface area contributed by atoms with Gasteiger partial charge in [-0.25, -0.2) is 0 Å². The highest BCUT2D eigenvalue weighted by Gasteiger charge is 2.01. The zero-order valence-electron chi connectivity index (χ0n) is 8.59. The predicted molar refractivity (Wildman–Crippen MR) is 54.5 cm³/mol. The zero-order chi connectivity index (χ0) is 11.9. The maximum Gasteiger partial charge on any atom is 0.264 e. The highest BCUT2D eigenvalue weighted by Crippen LogP contribution is 1.85. The van der Waals surface area contributed by atoms with Crippen molar-refractivity contribution in [3.63, 3.8) is 0 Å². The van der Waals surface area contributed by atoms with E-state index in [0.717, 1.165) is 12.5 Å². The summed E-state index contributed by atoms with van der Waals surface area (Å²) in [6, 6.07) is 0. The summed E-state index contributed by atoms with van der Waals surface area (Å²) >= 11 is 0.